The third-order valence-corrected chi connectivity index (χ3v) is 4.99. The summed E-state index contributed by atoms with van der Waals surface area (Å²) in [5.41, 5.74) is 0. The van der Waals surface area contributed by atoms with Gasteiger partial charge in [-0.3, -0.25) is 9.13 Å². The summed E-state index contributed by atoms with van der Waals surface area (Å²) in [5, 5.41) is 1.58. The van der Waals surface area contributed by atoms with E-state index in [2.05, 4.69) is 4.31 Å². The second kappa shape index (κ2) is 3.83. The summed E-state index contributed by atoms with van der Waals surface area (Å²) < 4.78 is 25.3. The highest BCUT2D eigenvalue weighted by atomic mass is 32.1. The first-order chi connectivity index (χ1) is 5.52. The van der Waals surface area contributed by atoms with Gasteiger partial charge in [-0.1, -0.05) is 6.07 Å². The van der Waals surface area contributed by atoms with Gasteiger partial charge in [0.1, 0.15) is 4.62 Å². The molecule has 0 aliphatic rings. The third kappa shape index (κ3) is 2.52. The van der Waals surface area contributed by atoms with E-state index in [9.17, 15) is 9.13 Å². The Hall–Kier alpha value is 0.0400. The van der Waals surface area contributed by atoms with Crippen LogP contribution in [0.25, 0.3) is 0 Å². The Morgan fingerprint density at radius 2 is 2.33 bits per heavy atom. The van der Waals surface area contributed by atoms with Crippen LogP contribution < -0.4 is 4.62 Å². The largest absolute Gasteiger partial charge is 0.375 e. The lowest BCUT2D eigenvalue weighted by Gasteiger charge is -2.05. The molecule has 1 aromatic heterocycles. The zero-order valence-corrected chi connectivity index (χ0v) is 8.42. The van der Waals surface area contributed by atoms with Crippen LogP contribution in [-0.2, 0) is 13.4 Å². The number of hydrogen-bond donors (Lipinski definition) is 2. The Morgan fingerprint density at radius 1 is 1.67 bits per heavy atom. The number of thiophene rings is 1. The van der Waals surface area contributed by atoms with E-state index in [0.717, 1.165) is 11.3 Å². The molecular formula is C4H6O5P2S. The summed E-state index contributed by atoms with van der Waals surface area (Å²) in [7, 11) is -7.43. The molecule has 0 fully saturated rings. The van der Waals surface area contributed by atoms with Gasteiger partial charge in [0.2, 0.25) is 0 Å². The molecule has 0 radical (unpaired) electrons. The van der Waals surface area contributed by atoms with E-state index in [1.54, 1.807) is 11.4 Å². The van der Waals surface area contributed by atoms with Crippen LogP contribution in [0.15, 0.2) is 17.5 Å². The Morgan fingerprint density at radius 3 is 2.75 bits per heavy atom. The lowest BCUT2D eigenvalue weighted by Crippen LogP contribution is -1.97. The van der Waals surface area contributed by atoms with E-state index in [0.29, 0.717) is 0 Å². The summed E-state index contributed by atoms with van der Waals surface area (Å²) >= 11 is 1.00. The van der Waals surface area contributed by atoms with Crippen molar-refractivity contribution in [3.8, 4) is 0 Å². The van der Waals surface area contributed by atoms with Gasteiger partial charge in [0.25, 0.3) is 0 Å². The van der Waals surface area contributed by atoms with E-state index in [-0.39, 0.29) is 4.62 Å². The third-order valence-electron chi connectivity index (χ3n) is 0.986. The molecule has 0 saturated carbocycles. The van der Waals surface area contributed by atoms with E-state index in [4.69, 9.17) is 9.79 Å². The van der Waals surface area contributed by atoms with Crippen LogP contribution >= 0.6 is 27.2 Å². The van der Waals surface area contributed by atoms with Gasteiger partial charge in [-0.2, -0.15) is 0 Å². The van der Waals surface area contributed by atoms with Gasteiger partial charge in [-0.15, -0.1) is 11.3 Å². The van der Waals surface area contributed by atoms with Gasteiger partial charge in [0.15, 0.2) is 0 Å². The van der Waals surface area contributed by atoms with Crippen molar-refractivity contribution in [2.45, 2.75) is 0 Å². The topological polar surface area (TPSA) is 83.8 Å². The SMILES string of the molecule is O=[PH](O)OP(=O)(O)c1cccs1. The first-order valence-electron chi connectivity index (χ1n) is 2.82. The van der Waals surface area contributed by atoms with Crippen molar-refractivity contribution < 1.29 is 23.2 Å². The number of rotatable bonds is 3. The highest BCUT2D eigenvalue weighted by molar-refractivity contribution is 7.71. The van der Waals surface area contributed by atoms with Crippen LogP contribution in [0.1, 0.15) is 0 Å². The van der Waals surface area contributed by atoms with Crippen molar-refractivity contribution in [1.29, 1.82) is 0 Å². The predicted molar refractivity (Wildman–Crippen MR) is 46.1 cm³/mol. The molecule has 0 saturated heterocycles. The molecule has 2 atom stereocenters. The molecule has 0 spiro atoms. The van der Waals surface area contributed by atoms with Crippen molar-refractivity contribution in [2.24, 2.45) is 0 Å². The summed E-state index contributed by atoms with van der Waals surface area (Å²) in [4.78, 5) is 17.3. The van der Waals surface area contributed by atoms with E-state index in [1.807, 2.05) is 0 Å². The van der Waals surface area contributed by atoms with E-state index >= 15 is 0 Å². The molecule has 0 aliphatic heterocycles. The van der Waals surface area contributed by atoms with Gasteiger partial charge >= 0.3 is 15.9 Å². The molecule has 12 heavy (non-hydrogen) atoms. The maximum absolute atomic E-state index is 11.1. The van der Waals surface area contributed by atoms with Crippen LogP contribution in [0, 0.1) is 0 Å². The minimum absolute atomic E-state index is 0.0647. The predicted octanol–water partition coefficient (Wildman–Crippen LogP) is 0.957. The van der Waals surface area contributed by atoms with Gasteiger partial charge in [0, 0.05) is 0 Å². The van der Waals surface area contributed by atoms with Crippen molar-refractivity contribution in [1.82, 2.24) is 0 Å². The minimum atomic E-state index is -4.05. The summed E-state index contributed by atoms with van der Waals surface area (Å²) in [6.45, 7) is 0. The fourth-order valence-corrected chi connectivity index (χ4v) is 3.57. The van der Waals surface area contributed by atoms with Crippen molar-refractivity contribution >= 4 is 31.8 Å². The van der Waals surface area contributed by atoms with Crippen LogP contribution in [0.4, 0.5) is 0 Å². The monoisotopic (exact) mass is 228 g/mol. The maximum atomic E-state index is 11.1. The molecule has 2 unspecified atom stereocenters. The van der Waals surface area contributed by atoms with Gasteiger partial charge in [0.05, 0.1) is 0 Å². The van der Waals surface area contributed by atoms with Crippen LogP contribution in [0.2, 0.25) is 0 Å². The molecule has 68 valence electrons. The molecule has 0 bridgehead atoms. The molecule has 0 amide bonds. The molecule has 0 aliphatic carbocycles. The quantitative estimate of drug-likeness (QED) is 0.752. The first-order valence-corrected chi connectivity index (χ1v) is 6.54. The molecule has 1 rings (SSSR count). The van der Waals surface area contributed by atoms with Crippen molar-refractivity contribution in [3.63, 3.8) is 0 Å². The Balaban J connectivity index is 2.87. The summed E-state index contributed by atoms with van der Waals surface area (Å²) in [6, 6.07) is 2.93. The van der Waals surface area contributed by atoms with Crippen LogP contribution in [0.3, 0.4) is 0 Å². The molecule has 8 heteroatoms. The zero-order chi connectivity index (χ0) is 9.19. The highest BCUT2D eigenvalue weighted by Gasteiger charge is 2.25. The van der Waals surface area contributed by atoms with Crippen molar-refractivity contribution in [2.75, 3.05) is 0 Å². The fourth-order valence-electron chi connectivity index (χ4n) is 0.582. The average molecular weight is 228 g/mol. The maximum Gasteiger partial charge on any atom is 0.375 e. The molecule has 2 N–H and O–H groups in total. The second-order valence-corrected chi connectivity index (χ2v) is 5.86. The van der Waals surface area contributed by atoms with Gasteiger partial charge in [-0.05, 0) is 11.4 Å². The van der Waals surface area contributed by atoms with Crippen LogP contribution in [-0.4, -0.2) is 9.79 Å². The summed E-state index contributed by atoms with van der Waals surface area (Å²) in [6.07, 6.45) is 0. The Kier molecular flexibility index (Phi) is 3.23. The lowest BCUT2D eigenvalue weighted by molar-refractivity contribution is 0.360. The average Bonchev–Trinajstić information content (AvgIpc) is 2.32. The van der Waals surface area contributed by atoms with Gasteiger partial charge in [-0.25, -0.2) is 4.31 Å². The zero-order valence-electron chi connectivity index (χ0n) is 5.71. The number of hydrogen-bond acceptors (Lipinski definition) is 4. The molecule has 1 heterocycles. The summed E-state index contributed by atoms with van der Waals surface area (Å²) in [5.74, 6) is 0. The van der Waals surface area contributed by atoms with Crippen LogP contribution in [0.5, 0.6) is 0 Å². The molecule has 5 nitrogen and oxygen atoms in total. The molecular weight excluding hydrogens is 222 g/mol. The minimum Gasteiger partial charge on any atom is -0.326 e. The Labute approximate surface area is 73.1 Å². The van der Waals surface area contributed by atoms with E-state index in [1.165, 1.54) is 6.07 Å². The smallest absolute Gasteiger partial charge is 0.326 e. The Bertz CT molecular complexity index is 320. The molecule has 0 aromatic carbocycles. The second-order valence-electron chi connectivity index (χ2n) is 1.83. The lowest BCUT2D eigenvalue weighted by atomic mass is 10.7. The first kappa shape index (κ1) is 10.1. The standard InChI is InChI=1S/C4H6O5P2S/c5-10(6)9-11(7,8)4-2-1-3-12-4/h1-3,10H,(H,5,6)(H,7,8). The van der Waals surface area contributed by atoms with Crippen molar-refractivity contribution in [3.05, 3.63) is 17.5 Å². The fraction of sp³-hybridized carbons (Fsp3) is 0. The molecule has 1 aromatic rings. The normalized spacial score (nSPS) is 18.5. The van der Waals surface area contributed by atoms with E-state index < -0.39 is 15.9 Å². The highest BCUT2D eigenvalue weighted by Crippen LogP contribution is 2.49. The van der Waals surface area contributed by atoms with Gasteiger partial charge < -0.3 is 9.79 Å².